The van der Waals surface area contributed by atoms with Crippen molar-refractivity contribution in [2.75, 3.05) is 18.6 Å². The largest absolute Gasteiger partial charge is 0.497 e. The lowest BCUT2D eigenvalue weighted by Gasteiger charge is -2.32. The van der Waals surface area contributed by atoms with Gasteiger partial charge in [-0.05, 0) is 60.9 Å². The highest BCUT2D eigenvalue weighted by Crippen LogP contribution is 2.39. The number of rotatable bonds is 6. The second-order valence-electron chi connectivity index (χ2n) is 10.9. The lowest BCUT2D eigenvalue weighted by atomic mass is 9.86. The van der Waals surface area contributed by atoms with Gasteiger partial charge in [0.25, 0.3) is 11.8 Å². The molecule has 3 aromatic carbocycles. The quantitative estimate of drug-likeness (QED) is 0.221. The second kappa shape index (κ2) is 11.6. The van der Waals surface area contributed by atoms with Crippen molar-refractivity contribution in [2.24, 2.45) is 0 Å². The molecule has 1 saturated heterocycles. The molecule has 0 N–H and O–H groups in total. The van der Waals surface area contributed by atoms with E-state index in [9.17, 15) is 27.7 Å². The molecule has 2 aliphatic rings. The highest BCUT2D eigenvalue weighted by molar-refractivity contribution is 7.91. The van der Waals surface area contributed by atoms with Crippen molar-refractivity contribution in [3.63, 3.8) is 0 Å². The van der Waals surface area contributed by atoms with Gasteiger partial charge in [0.2, 0.25) is 0 Å². The molecule has 1 unspecified atom stereocenters. The fourth-order valence-electron chi connectivity index (χ4n) is 5.62. The summed E-state index contributed by atoms with van der Waals surface area (Å²) in [5.74, 6) is -2.04. The molecule has 4 aromatic rings. The summed E-state index contributed by atoms with van der Waals surface area (Å²) in [6.45, 7) is 1.65. The number of halogens is 1. The number of hydrogen-bond acceptors (Lipinski definition) is 7. The zero-order valence-electron chi connectivity index (χ0n) is 24.4. The van der Waals surface area contributed by atoms with Gasteiger partial charge in [-0.25, -0.2) is 17.5 Å². The number of methoxy groups -OCH3 is 1. The molecule has 0 radical (unpaired) electrons. The Morgan fingerprint density at radius 3 is 2.36 bits per heavy atom. The third-order valence-corrected chi connectivity index (χ3v) is 9.72. The Kier molecular flexibility index (Phi) is 7.68. The second-order valence-corrected chi connectivity index (χ2v) is 13.1. The smallest absolute Gasteiger partial charge is 0.272 e. The summed E-state index contributed by atoms with van der Waals surface area (Å²) in [5.41, 5.74) is 2.61. The van der Waals surface area contributed by atoms with Crippen molar-refractivity contribution >= 4 is 33.3 Å². The Morgan fingerprint density at radius 2 is 1.73 bits per heavy atom. The van der Waals surface area contributed by atoms with E-state index in [0.717, 1.165) is 4.90 Å². The summed E-state index contributed by atoms with van der Waals surface area (Å²) in [4.78, 5) is 29.0. The maximum atomic E-state index is 14.8. The summed E-state index contributed by atoms with van der Waals surface area (Å²) in [6, 6.07) is 21.6. The Labute approximate surface area is 259 Å². The molecule has 0 spiro atoms. The molecule has 2 aliphatic heterocycles. The fraction of sp³-hybridized carbons (Fsp3) is 0.176. The maximum absolute atomic E-state index is 14.8. The van der Waals surface area contributed by atoms with Crippen LogP contribution in [0.1, 0.15) is 23.1 Å². The number of sulfone groups is 1. The number of para-hydroxylation sites is 1. The summed E-state index contributed by atoms with van der Waals surface area (Å²) in [5, 5.41) is 15.0. The average Bonchev–Trinajstić information content (AvgIpc) is 3.63. The summed E-state index contributed by atoms with van der Waals surface area (Å²) < 4.78 is 46.4. The number of hydrogen-bond donors (Lipinski definition) is 0. The minimum atomic E-state index is -3.47. The molecule has 1 aromatic heterocycles. The van der Waals surface area contributed by atoms with E-state index in [1.807, 2.05) is 36.4 Å². The van der Waals surface area contributed by atoms with Gasteiger partial charge in [-0.3, -0.25) is 14.5 Å². The van der Waals surface area contributed by atoms with Crippen molar-refractivity contribution in [1.29, 1.82) is 5.26 Å². The molecule has 0 saturated carbocycles. The number of ether oxygens (including phenoxy) is 1. The van der Waals surface area contributed by atoms with Gasteiger partial charge in [0.1, 0.15) is 28.9 Å². The van der Waals surface area contributed by atoms with Crippen LogP contribution in [0.2, 0.25) is 0 Å². The van der Waals surface area contributed by atoms with E-state index >= 15 is 0 Å². The molecule has 11 heteroatoms. The molecule has 3 heterocycles. The van der Waals surface area contributed by atoms with E-state index in [4.69, 9.17) is 9.84 Å². The van der Waals surface area contributed by atoms with E-state index < -0.39 is 33.5 Å². The number of benzene rings is 3. The Bertz CT molecular complexity index is 2060. The highest BCUT2D eigenvalue weighted by atomic mass is 32.2. The molecule has 6 rings (SSSR count). The Hall–Kier alpha value is -5.34. The topological polar surface area (TPSA) is 122 Å². The van der Waals surface area contributed by atoms with Crippen LogP contribution in [0.5, 0.6) is 5.75 Å². The van der Waals surface area contributed by atoms with Gasteiger partial charge in [0.05, 0.1) is 35.9 Å². The Balaban J connectivity index is 1.61. The molecule has 1 atom stereocenters. The van der Waals surface area contributed by atoms with Crippen LogP contribution in [-0.2, 0) is 19.4 Å². The third-order valence-electron chi connectivity index (χ3n) is 7.97. The number of amides is 2. The zero-order valence-corrected chi connectivity index (χ0v) is 25.2. The van der Waals surface area contributed by atoms with Gasteiger partial charge in [-0.1, -0.05) is 42.5 Å². The van der Waals surface area contributed by atoms with E-state index in [0.29, 0.717) is 39.4 Å². The highest BCUT2D eigenvalue weighted by Gasteiger charge is 2.45. The maximum Gasteiger partial charge on any atom is 0.272 e. The van der Waals surface area contributed by atoms with E-state index in [1.54, 1.807) is 54.2 Å². The summed E-state index contributed by atoms with van der Waals surface area (Å²) in [7, 11) is -1.97. The van der Waals surface area contributed by atoms with Crippen molar-refractivity contribution in [1.82, 2.24) is 14.7 Å². The molecule has 226 valence electrons. The SMILES string of the molecule is COc1ccc(C2=C(C#N)C(=O)N(C3CCS(=O)(=O)C3)C(=O)/C2=C\c2cn(-c3ccccc3)nc2-c2ccc(C)c(F)c2)cc1. The van der Waals surface area contributed by atoms with Gasteiger partial charge in [0.15, 0.2) is 9.84 Å². The van der Waals surface area contributed by atoms with Gasteiger partial charge in [-0.15, -0.1) is 0 Å². The molecule has 45 heavy (non-hydrogen) atoms. The standard InChI is InChI=1S/C34H27FN4O5S/c1-21-8-9-23(17-30(21)35)32-24(19-38(37-32)25-6-4-3-5-7-25)16-28-31(22-10-12-27(44-2)13-11-22)29(18-36)34(41)39(33(28)40)26-14-15-45(42,43)20-26/h3-13,16-17,19,26H,14-15,20H2,1-2H3/b28-16-. The lowest BCUT2D eigenvalue weighted by molar-refractivity contribution is -0.142. The number of aryl methyl sites for hydroxylation is 1. The molecule has 2 amide bonds. The first-order chi connectivity index (χ1) is 21.6. The van der Waals surface area contributed by atoms with E-state index in [2.05, 4.69) is 0 Å². The minimum Gasteiger partial charge on any atom is -0.497 e. The predicted molar refractivity (Wildman–Crippen MR) is 166 cm³/mol. The first kappa shape index (κ1) is 29.7. The molecule has 0 aliphatic carbocycles. The van der Waals surface area contributed by atoms with Gasteiger partial charge >= 0.3 is 0 Å². The third kappa shape index (κ3) is 5.56. The summed E-state index contributed by atoms with van der Waals surface area (Å²) >= 11 is 0. The monoisotopic (exact) mass is 622 g/mol. The minimum absolute atomic E-state index is 0.00191. The molecule has 9 nitrogen and oxygen atoms in total. The van der Waals surface area contributed by atoms with Crippen LogP contribution < -0.4 is 4.74 Å². The van der Waals surface area contributed by atoms with Crippen LogP contribution in [0.3, 0.4) is 0 Å². The molecule has 1 fully saturated rings. The molecular formula is C34H27FN4O5S. The zero-order chi connectivity index (χ0) is 31.9. The summed E-state index contributed by atoms with van der Waals surface area (Å²) in [6.07, 6.45) is 3.28. The number of aromatic nitrogens is 2. The lowest BCUT2D eigenvalue weighted by Crippen LogP contribution is -2.49. The van der Waals surface area contributed by atoms with E-state index in [1.165, 1.54) is 19.3 Å². The Morgan fingerprint density at radius 1 is 1.02 bits per heavy atom. The van der Waals surface area contributed by atoms with E-state index in [-0.39, 0.29) is 34.6 Å². The number of nitriles is 1. The van der Waals surface area contributed by atoms with Gasteiger partial charge < -0.3 is 4.74 Å². The van der Waals surface area contributed by atoms with Crippen LogP contribution in [-0.4, -0.2) is 59.6 Å². The normalized spacial score (nSPS) is 18.8. The van der Waals surface area contributed by atoms with Crippen molar-refractivity contribution in [2.45, 2.75) is 19.4 Å². The molecule has 0 bridgehead atoms. The van der Waals surface area contributed by atoms with Crippen LogP contribution in [0.4, 0.5) is 4.39 Å². The van der Waals surface area contributed by atoms with Gasteiger partial charge in [0, 0.05) is 22.9 Å². The van der Waals surface area contributed by atoms with Crippen LogP contribution >= 0.6 is 0 Å². The predicted octanol–water partition coefficient (Wildman–Crippen LogP) is 4.91. The van der Waals surface area contributed by atoms with Crippen LogP contribution in [0.25, 0.3) is 28.6 Å². The van der Waals surface area contributed by atoms with Gasteiger partial charge in [-0.2, -0.15) is 10.4 Å². The number of carbonyl (C=O) groups excluding carboxylic acids is 2. The van der Waals surface area contributed by atoms with Crippen LogP contribution in [0, 0.1) is 24.1 Å². The van der Waals surface area contributed by atoms with Crippen LogP contribution in [0.15, 0.2) is 90.1 Å². The first-order valence-corrected chi connectivity index (χ1v) is 15.9. The number of carbonyl (C=O) groups is 2. The fourth-order valence-corrected chi connectivity index (χ4v) is 7.32. The number of imide groups is 1. The van der Waals surface area contributed by atoms with Crippen molar-refractivity contribution in [3.8, 4) is 28.8 Å². The average molecular weight is 623 g/mol. The first-order valence-electron chi connectivity index (χ1n) is 14.1. The van der Waals surface area contributed by atoms with Crippen molar-refractivity contribution in [3.05, 3.63) is 113 Å². The van der Waals surface area contributed by atoms with Crippen molar-refractivity contribution < 1.29 is 27.1 Å². The number of nitrogens with zero attached hydrogens (tertiary/aromatic N) is 4. The molecular weight excluding hydrogens is 595 g/mol.